The van der Waals surface area contributed by atoms with E-state index in [0.717, 1.165) is 41.6 Å². The van der Waals surface area contributed by atoms with Gasteiger partial charge in [0.05, 0.1) is 6.07 Å². The molecule has 0 aliphatic carbocycles. The molecule has 0 amide bonds. The van der Waals surface area contributed by atoms with E-state index in [1.54, 1.807) is 23.1 Å². The summed E-state index contributed by atoms with van der Waals surface area (Å²) in [6, 6.07) is 2.38. The van der Waals surface area contributed by atoms with E-state index in [2.05, 4.69) is 28.7 Å². The van der Waals surface area contributed by atoms with Gasteiger partial charge in [0.2, 0.25) is 0 Å². The first-order chi connectivity index (χ1) is 8.59. The minimum Gasteiger partial charge on any atom is -0.300 e. The van der Waals surface area contributed by atoms with Crippen molar-refractivity contribution in [2.75, 3.05) is 12.3 Å². The Morgan fingerprint density at radius 1 is 1.61 bits per heavy atom. The van der Waals surface area contributed by atoms with Crippen molar-refractivity contribution in [3.05, 3.63) is 11.1 Å². The Morgan fingerprint density at radius 3 is 2.94 bits per heavy atom. The van der Waals surface area contributed by atoms with E-state index >= 15 is 0 Å². The standard InChI is InChI=1S/C13H21N3S2/c1-4-7-15-13(3,10-14)6-5-8-17-12-16-11(2)9-18-12/h9,15H,4-8H2,1-3H3. The number of rotatable bonds is 8. The Labute approximate surface area is 118 Å². The van der Waals surface area contributed by atoms with E-state index in [1.165, 1.54) is 0 Å². The van der Waals surface area contributed by atoms with Crippen molar-refractivity contribution in [3.8, 4) is 6.07 Å². The largest absolute Gasteiger partial charge is 0.300 e. The number of thioether (sulfide) groups is 1. The molecular formula is C13H21N3S2. The zero-order valence-corrected chi connectivity index (χ0v) is 13.0. The molecule has 3 nitrogen and oxygen atoms in total. The van der Waals surface area contributed by atoms with Crippen molar-refractivity contribution < 1.29 is 0 Å². The highest BCUT2D eigenvalue weighted by Crippen LogP contribution is 2.24. The summed E-state index contributed by atoms with van der Waals surface area (Å²) >= 11 is 3.48. The van der Waals surface area contributed by atoms with Crippen LogP contribution in [0.3, 0.4) is 0 Å². The average Bonchev–Trinajstić information content (AvgIpc) is 2.78. The van der Waals surface area contributed by atoms with Crippen LogP contribution in [-0.2, 0) is 0 Å². The minimum absolute atomic E-state index is 0.380. The molecule has 0 fully saturated rings. The molecule has 0 spiro atoms. The van der Waals surface area contributed by atoms with E-state index in [4.69, 9.17) is 0 Å². The summed E-state index contributed by atoms with van der Waals surface area (Å²) in [5, 5.41) is 14.6. The molecule has 0 aromatic carbocycles. The molecule has 18 heavy (non-hydrogen) atoms. The highest BCUT2D eigenvalue weighted by molar-refractivity contribution is 8.00. The smallest absolute Gasteiger partial charge is 0.150 e. The van der Waals surface area contributed by atoms with Crippen LogP contribution < -0.4 is 5.32 Å². The van der Waals surface area contributed by atoms with Crippen LogP contribution in [0.4, 0.5) is 0 Å². The van der Waals surface area contributed by atoms with Crippen molar-refractivity contribution in [1.82, 2.24) is 10.3 Å². The lowest BCUT2D eigenvalue weighted by atomic mass is 9.98. The summed E-state index contributed by atoms with van der Waals surface area (Å²) in [4.78, 5) is 4.42. The number of aromatic nitrogens is 1. The molecular weight excluding hydrogens is 262 g/mol. The van der Waals surface area contributed by atoms with E-state index in [1.807, 2.05) is 13.8 Å². The summed E-state index contributed by atoms with van der Waals surface area (Å²) in [5.74, 6) is 1.03. The van der Waals surface area contributed by atoms with Gasteiger partial charge in [0, 0.05) is 16.8 Å². The Balaban J connectivity index is 2.25. The summed E-state index contributed by atoms with van der Waals surface area (Å²) < 4.78 is 1.13. The highest BCUT2D eigenvalue weighted by Gasteiger charge is 2.21. The molecule has 0 saturated carbocycles. The lowest BCUT2D eigenvalue weighted by Crippen LogP contribution is -2.41. The first-order valence-electron chi connectivity index (χ1n) is 6.31. The van der Waals surface area contributed by atoms with Crippen LogP contribution >= 0.6 is 23.1 Å². The molecule has 100 valence electrons. The number of thiazole rings is 1. The molecule has 0 saturated heterocycles. The van der Waals surface area contributed by atoms with Gasteiger partial charge < -0.3 is 0 Å². The van der Waals surface area contributed by atoms with Gasteiger partial charge >= 0.3 is 0 Å². The van der Waals surface area contributed by atoms with E-state index < -0.39 is 0 Å². The lowest BCUT2D eigenvalue weighted by Gasteiger charge is -2.22. The fourth-order valence-electron chi connectivity index (χ4n) is 1.57. The maximum absolute atomic E-state index is 9.20. The SMILES string of the molecule is CCCNC(C)(C#N)CCCSc1nc(C)cs1. The van der Waals surface area contributed by atoms with Gasteiger partial charge in [-0.05, 0) is 39.7 Å². The second-order valence-electron chi connectivity index (χ2n) is 4.58. The second kappa shape index (κ2) is 7.78. The normalized spacial score (nSPS) is 14.1. The van der Waals surface area contributed by atoms with Gasteiger partial charge in [-0.25, -0.2) is 4.98 Å². The average molecular weight is 283 g/mol. The Hall–Kier alpha value is -0.570. The van der Waals surface area contributed by atoms with Gasteiger partial charge in [-0.2, -0.15) is 5.26 Å². The molecule has 1 heterocycles. The molecule has 0 aliphatic rings. The summed E-state index contributed by atoms with van der Waals surface area (Å²) in [6.45, 7) is 7.02. The molecule has 1 aromatic heterocycles. The fraction of sp³-hybridized carbons (Fsp3) is 0.692. The van der Waals surface area contributed by atoms with Crippen LogP contribution in [-0.4, -0.2) is 22.8 Å². The molecule has 5 heteroatoms. The Bertz CT molecular complexity index is 397. The maximum Gasteiger partial charge on any atom is 0.150 e. The molecule has 1 rings (SSSR count). The number of nitrogens with zero attached hydrogens (tertiary/aromatic N) is 2. The Morgan fingerprint density at radius 2 is 2.39 bits per heavy atom. The van der Waals surface area contributed by atoms with Gasteiger partial charge in [0.1, 0.15) is 9.88 Å². The molecule has 1 unspecified atom stereocenters. The van der Waals surface area contributed by atoms with Crippen molar-refractivity contribution in [2.45, 2.75) is 49.9 Å². The van der Waals surface area contributed by atoms with Gasteiger partial charge in [-0.15, -0.1) is 11.3 Å². The van der Waals surface area contributed by atoms with Crippen LogP contribution in [0, 0.1) is 18.3 Å². The fourth-order valence-corrected chi connectivity index (χ4v) is 3.43. The lowest BCUT2D eigenvalue weighted by molar-refractivity contribution is 0.415. The van der Waals surface area contributed by atoms with Crippen LogP contribution in [0.2, 0.25) is 0 Å². The van der Waals surface area contributed by atoms with Crippen molar-refractivity contribution >= 4 is 23.1 Å². The summed E-state index contributed by atoms with van der Waals surface area (Å²) in [7, 11) is 0. The third-order valence-electron chi connectivity index (χ3n) is 2.66. The predicted octanol–water partition coefficient (Wildman–Crippen LogP) is 3.61. The number of aryl methyl sites for hydroxylation is 1. The van der Waals surface area contributed by atoms with Crippen LogP contribution in [0.25, 0.3) is 0 Å². The highest BCUT2D eigenvalue weighted by atomic mass is 32.2. The van der Waals surface area contributed by atoms with E-state index in [9.17, 15) is 5.26 Å². The number of nitrogens with one attached hydrogen (secondary N) is 1. The molecule has 0 aliphatic heterocycles. The van der Waals surface area contributed by atoms with Gasteiger partial charge in [0.25, 0.3) is 0 Å². The third kappa shape index (κ3) is 5.38. The van der Waals surface area contributed by atoms with Crippen LogP contribution in [0.1, 0.15) is 38.8 Å². The summed E-state index contributed by atoms with van der Waals surface area (Å²) in [6.07, 6.45) is 2.98. The van der Waals surface area contributed by atoms with Gasteiger partial charge in [-0.3, -0.25) is 5.32 Å². The Kier molecular flexibility index (Phi) is 6.69. The number of nitriles is 1. The minimum atomic E-state index is -0.380. The van der Waals surface area contributed by atoms with Crippen LogP contribution in [0.15, 0.2) is 9.72 Å². The van der Waals surface area contributed by atoms with Gasteiger partial charge in [0.15, 0.2) is 0 Å². The molecule has 0 bridgehead atoms. The van der Waals surface area contributed by atoms with E-state index in [-0.39, 0.29) is 5.54 Å². The quantitative estimate of drug-likeness (QED) is 0.585. The zero-order chi connectivity index (χ0) is 13.4. The van der Waals surface area contributed by atoms with Crippen molar-refractivity contribution in [2.24, 2.45) is 0 Å². The van der Waals surface area contributed by atoms with Crippen molar-refractivity contribution in [3.63, 3.8) is 0 Å². The molecule has 1 aromatic rings. The predicted molar refractivity (Wildman–Crippen MR) is 79.1 cm³/mol. The molecule has 0 radical (unpaired) electrons. The number of hydrogen-bond donors (Lipinski definition) is 1. The summed E-state index contributed by atoms with van der Waals surface area (Å²) in [5.41, 5.74) is 0.712. The molecule has 1 N–H and O–H groups in total. The third-order valence-corrected chi connectivity index (χ3v) is 4.88. The van der Waals surface area contributed by atoms with Crippen molar-refractivity contribution in [1.29, 1.82) is 5.26 Å². The van der Waals surface area contributed by atoms with Crippen LogP contribution in [0.5, 0.6) is 0 Å². The van der Waals surface area contributed by atoms with Gasteiger partial charge in [-0.1, -0.05) is 18.7 Å². The zero-order valence-electron chi connectivity index (χ0n) is 11.3. The molecule has 1 atom stereocenters. The number of hydrogen-bond acceptors (Lipinski definition) is 5. The first-order valence-corrected chi connectivity index (χ1v) is 8.17. The topological polar surface area (TPSA) is 48.7 Å². The maximum atomic E-state index is 9.20. The monoisotopic (exact) mass is 283 g/mol. The van der Waals surface area contributed by atoms with E-state index in [0.29, 0.717) is 0 Å². The first kappa shape index (κ1) is 15.5. The second-order valence-corrected chi connectivity index (χ2v) is 6.78.